The molecule has 2 unspecified atom stereocenters. The van der Waals surface area contributed by atoms with Crippen LogP contribution in [0.25, 0.3) is 0 Å². The Hall–Kier alpha value is -0.870. The molecule has 0 aromatic carbocycles. The summed E-state index contributed by atoms with van der Waals surface area (Å²) in [6.07, 6.45) is 1.92. The van der Waals surface area contributed by atoms with Crippen LogP contribution < -0.4 is 4.90 Å². The van der Waals surface area contributed by atoms with E-state index in [2.05, 4.69) is 11.8 Å². The molecule has 0 saturated carbocycles. The van der Waals surface area contributed by atoms with Crippen molar-refractivity contribution in [3.63, 3.8) is 0 Å². The molecule has 0 radical (unpaired) electrons. The molecule has 3 nitrogen and oxygen atoms in total. The second-order valence-corrected chi connectivity index (χ2v) is 5.05. The van der Waals surface area contributed by atoms with E-state index in [1.165, 1.54) is 11.3 Å². The fraction of sp³-hybridized carbons (Fsp3) is 0.545. The SMILES string of the molecule is CC1C(CO)CCN1c1ccc(C=O)s1. The molecule has 0 amide bonds. The Balaban J connectivity index is 2.14. The molecule has 2 atom stereocenters. The molecule has 2 heterocycles. The van der Waals surface area contributed by atoms with E-state index in [0.717, 1.165) is 29.1 Å². The average Bonchev–Trinajstić information content (AvgIpc) is 2.83. The van der Waals surface area contributed by atoms with Crippen molar-refractivity contribution in [2.45, 2.75) is 19.4 Å². The van der Waals surface area contributed by atoms with Gasteiger partial charge in [0.2, 0.25) is 0 Å². The lowest BCUT2D eigenvalue weighted by atomic mass is 10.0. The topological polar surface area (TPSA) is 40.5 Å². The number of thiophene rings is 1. The van der Waals surface area contributed by atoms with Crippen molar-refractivity contribution in [3.8, 4) is 0 Å². The minimum Gasteiger partial charge on any atom is -0.396 e. The molecule has 0 spiro atoms. The van der Waals surface area contributed by atoms with Gasteiger partial charge >= 0.3 is 0 Å². The first-order valence-electron chi connectivity index (χ1n) is 5.18. The number of rotatable bonds is 3. The summed E-state index contributed by atoms with van der Waals surface area (Å²) in [6, 6.07) is 4.21. The molecular weight excluding hydrogens is 210 g/mol. The third kappa shape index (κ3) is 1.92. The highest BCUT2D eigenvalue weighted by molar-refractivity contribution is 7.17. The summed E-state index contributed by atoms with van der Waals surface area (Å²) >= 11 is 1.52. The third-order valence-corrected chi connectivity index (χ3v) is 4.21. The summed E-state index contributed by atoms with van der Waals surface area (Å²) in [5, 5.41) is 10.3. The van der Waals surface area contributed by atoms with E-state index in [9.17, 15) is 9.90 Å². The maximum absolute atomic E-state index is 10.6. The number of nitrogens with zero attached hydrogens (tertiary/aromatic N) is 1. The van der Waals surface area contributed by atoms with Crippen molar-refractivity contribution >= 4 is 22.6 Å². The van der Waals surface area contributed by atoms with Gasteiger partial charge in [-0.05, 0) is 25.5 Å². The van der Waals surface area contributed by atoms with E-state index >= 15 is 0 Å². The number of carbonyl (C=O) groups excluding carboxylic acids is 1. The Bertz CT molecular complexity index is 350. The highest BCUT2D eigenvalue weighted by Gasteiger charge is 2.30. The van der Waals surface area contributed by atoms with Crippen LogP contribution in [0.3, 0.4) is 0 Å². The van der Waals surface area contributed by atoms with Crippen LogP contribution in [-0.4, -0.2) is 30.6 Å². The second-order valence-electron chi connectivity index (χ2n) is 3.96. The zero-order valence-corrected chi connectivity index (χ0v) is 9.54. The first-order valence-corrected chi connectivity index (χ1v) is 6.00. The van der Waals surface area contributed by atoms with Gasteiger partial charge in [0.1, 0.15) is 0 Å². The summed E-state index contributed by atoms with van der Waals surface area (Å²) in [5.74, 6) is 0.367. The minimum atomic E-state index is 0.254. The predicted molar refractivity (Wildman–Crippen MR) is 61.7 cm³/mol. The molecule has 1 aromatic rings. The second kappa shape index (κ2) is 4.33. The van der Waals surface area contributed by atoms with Crippen LogP contribution in [0.4, 0.5) is 5.00 Å². The largest absolute Gasteiger partial charge is 0.396 e. The molecule has 4 heteroatoms. The predicted octanol–water partition coefficient (Wildman–Crippen LogP) is 1.77. The van der Waals surface area contributed by atoms with Crippen LogP contribution in [-0.2, 0) is 0 Å². The molecule has 1 fully saturated rings. The molecule has 15 heavy (non-hydrogen) atoms. The van der Waals surface area contributed by atoms with Gasteiger partial charge in [-0.1, -0.05) is 0 Å². The summed E-state index contributed by atoms with van der Waals surface area (Å²) in [5.41, 5.74) is 0. The van der Waals surface area contributed by atoms with Crippen LogP contribution >= 0.6 is 11.3 Å². The van der Waals surface area contributed by atoms with Gasteiger partial charge in [0, 0.05) is 25.1 Å². The summed E-state index contributed by atoms with van der Waals surface area (Å²) in [6.45, 7) is 3.36. The molecule has 1 aliphatic heterocycles. The van der Waals surface area contributed by atoms with Crippen LogP contribution in [0.1, 0.15) is 23.0 Å². The van der Waals surface area contributed by atoms with Crippen molar-refractivity contribution in [1.82, 2.24) is 0 Å². The van der Waals surface area contributed by atoms with Crippen molar-refractivity contribution in [2.24, 2.45) is 5.92 Å². The molecule has 0 bridgehead atoms. The van der Waals surface area contributed by atoms with E-state index < -0.39 is 0 Å². The highest BCUT2D eigenvalue weighted by atomic mass is 32.1. The summed E-state index contributed by atoms with van der Waals surface area (Å²) in [4.78, 5) is 13.6. The Kier molecular flexibility index (Phi) is 3.07. The van der Waals surface area contributed by atoms with Gasteiger partial charge in [0.05, 0.1) is 9.88 Å². The van der Waals surface area contributed by atoms with Gasteiger partial charge in [-0.25, -0.2) is 0 Å². The highest BCUT2D eigenvalue weighted by Crippen LogP contribution is 2.33. The molecule has 82 valence electrons. The number of aliphatic hydroxyl groups excluding tert-OH is 1. The number of aliphatic hydroxyl groups is 1. The van der Waals surface area contributed by atoms with E-state index in [0.29, 0.717) is 12.0 Å². The number of anilines is 1. The zero-order chi connectivity index (χ0) is 10.8. The van der Waals surface area contributed by atoms with Gasteiger partial charge in [0.15, 0.2) is 6.29 Å². The quantitative estimate of drug-likeness (QED) is 0.797. The van der Waals surface area contributed by atoms with E-state index in [1.54, 1.807) is 0 Å². The maximum atomic E-state index is 10.6. The van der Waals surface area contributed by atoms with Crippen molar-refractivity contribution < 1.29 is 9.90 Å². The summed E-state index contributed by atoms with van der Waals surface area (Å²) < 4.78 is 0. The Labute approximate surface area is 93.3 Å². The van der Waals surface area contributed by atoms with Gasteiger partial charge < -0.3 is 10.0 Å². The standard InChI is InChI=1S/C11H15NO2S/c1-8-9(6-13)4-5-12(8)11-3-2-10(7-14)15-11/h2-3,7-9,13H,4-6H2,1H3. The lowest BCUT2D eigenvalue weighted by Crippen LogP contribution is -2.30. The number of hydrogen-bond donors (Lipinski definition) is 1. The average molecular weight is 225 g/mol. The number of aldehydes is 1. The van der Waals surface area contributed by atoms with Crippen LogP contribution in [0.2, 0.25) is 0 Å². The Morgan fingerprint density at radius 3 is 3.00 bits per heavy atom. The molecule has 2 rings (SSSR count). The van der Waals surface area contributed by atoms with Crippen LogP contribution in [0.5, 0.6) is 0 Å². The molecular formula is C11H15NO2S. The smallest absolute Gasteiger partial charge is 0.160 e. The van der Waals surface area contributed by atoms with E-state index in [4.69, 9.17) is 0 Å². The van der Waals surface area contributed by atoms with Gasteiger partial charge in [0.25, 0.3) is 0 Å². The number of hydrogen-bond acceptors (Lipinski definition) is 4. The van der Waals surface area contributed by atoms with Crippen molar-refractivity contribution in [2.75, 3.05) is 18.1 Å². The fourth-order valence-corrected chi connectivity index (χ4v) is 3.06. The van der Waals surface area contributed by atoms with E-state index in [-0.39, 0.29) is 6.61 Å². The maximum Gasteiger partial charge on any atom is 0.160 e. The van der Waals surface area contributed by atoms with E-state index in [1.807, 2.05) is 12.1 Å². The summed E-state index contributed by atoms with van der Waals surface area (Å²) in [7, 11) is 0. The van der Waals surface area contributed by atoms with Crippen molar-refractivity contribution in [1.29, 1.82) is 0 Å². The first kappa shape index (κ1) is 10.6. The molecule has 1 aliphatic rings. The minimum absolute atomic E-state index is 0.254. The third-order valence-electron chi connectivity index (χ3n) is 3.16. The van der Waals surface area contributed by atoms with Crippen LogP contribution in [0.15, 0.2) is 12.1 Å². The Morgan fingerprint density at radius 2 is 2.47 bits per heavy atom. The molecule has 1 saturated heterocycles. The van der Waals surface area contributed by atoms with Gasteiger partial charge in [-0.3, -0.25) is 4.79 Å². The molecule has 1 N–H and O–H groups in total. The molecule has 0 aliphatic carbocycles. The van der Waals surface area contributed by atoms with Gasteiger partial charge in [-0.15, -0.1) is 11.3 Å². The van der Waals surface area contributed by atoms with Crippen LogP contribution in [0, 0.1) is 5.92 Å². The first-order chi connectivity index (χ1) is 7.26. The number of carbonyl (C=O) groups is 1. The lowest BCUT2D eigenvalue weighted by Gasteiger charge is -2.24. The normalized spacial score (nSPS) is 25.9. The Morgan fingerprint density at radius 1 is 1.67 bits per heavy atom. The fourth-order valence-electron chi connectivity index (χ4n) is 2.12. The molecule has 1 aromatic heterocycles. The lowest BCUT2D eigenvalue weighted by molar-refractivity contribution is 0.112. The zero-order valence-electron chi connectivity index (χ0n) is 8.72. The monoisotopic (exact) mass is 225 g/mol. The van der Waals surface area contributed by atoms with Crippen molar-refractivity contribution in [3.05, 3.63) is 17.0 Å². The van der Waals surface area contributed by atoms with Gasteiger partial charge in [-0.2, -0.15) is 0 Å².